The predicted molar refractivity (Wildman–Crippen MR) is 191 cm³/mol. The molecule has 2 aromatic rings. The van der Waals surface area contributed by atoms with Crippen molar-refractivity contribution in [2.24, 2.45) is 23.2 Å². The fourth-order valence-corrected chi connectivity index (χ4v) is 9.23. The normalized spacial score (nSPS) is 26.3. The van der Waals surface area contributed by atoms with Crippen LogP contribution in [-0.2, 0) is 11.2 Å². The molecule has 1 amide bonds. The lowest BCUT2D eigenvalue weighted by Crippen LogP contribution is -2.44. The fraction of sp³-hybridized carbons (Fsp3) is 0.619. The maximum Gasteiger partial charge on any atom is 0.343 e. The van der Waals surface area contributed by atoms with Crippen molar-refractivity contribution >= 4 is 11.9 Å². The molecule has 3 aliphatic carbocycles. The number of nitrogens with zero attached hydrogens (tertiary/aromatic N) is 1. The number of hydrogen-bond acceptors (Lipinski definition) is 4. The van der Waals surface area contributed by atoms with Gasteiger partial charge in [-0.3, -0.25) is 4.79 Å². The van der Waals surface area contributed by atoms with Gasteiger partial charge in [0.1, 0.15) is 5.75 Å². The van der Waals surface area contributed by atoms with E-state index in [0.717, 1.165) is 63.5 Å². The summed E-state index contributed by atoms with van der Waals surface area (Å²) in [5.74, 6) is 2.68. The largest absolute Gasteiger partial charge is 0.423 e. The number of benzene rings is 2. The highest BCUT2D eigenvalue weighted by molar-refractivity contribution is 5.91. The Kier molecular flexibility index (Phi) is 12.4. The van der Waals surface area contributed by atoms with Gasteiger partial charge >= 0.3 is 5.97 Å². The van der Waals surface area contributed by atoms with Gasteiger partial charge in [-0.2, -0.15) is 0 Å². The number of ether oxygens (including phenoxy) is 1. The van der Waals surface area contributed by atoms with Gasteiger partial charge in [-0.15, -0.1) is 0 Å². The second kappa shape index (κ2) is 16.5. The molecule has 5 heteroatoms. The molecule has 0 aliphatic heterocycles. The third kappa shape index (κ3) is 8.39. The molecular weight excluding hydrogens is 582 g/mol. The molecule has 5 nitrogen and oxygen atoms in total. The molecule has 0 saturated heterocycles. The van der Waals surface area contributed by atoms with Crippen LogP contribution in [0.15, 0.2) is 60.7 Å². The van der Waals surface area contributed by atoms with E-state index in [4.69, 9.17) is 4.74 Å². The molecule has 2 aromatic carbocycles. The molecule has 0 aromatic heterocycles. The summed E-state index contributed by atoms with van der Waals surface area (Å²) in [7, 11) is 1.94. The molecule has 0 heterocycles. The summed E-state index contributed by atoms with van der Waals surface area (Å²) in [6.45, 7) is 9.81. The van der Waals surface area contributed by atoms with Crippen LogP contribution in [0.3, 0.4) is 0 Å². The van der Waals surface area contributed by atoms with Crippen molar-refractivity contribution < 1.29 is 19.4 Å². The first kappa shape index (κ1) is 35.4. The summed E-state index contributed by atoms with van der Waals surface area (Å²) in [4.78, 5) is 27.0. The first-order chi connectivity index (χ1) is 22.7. The van der Waals surface area contributed by atoms with E-state index < -0.39 is 0 Å². The molecule has 0 bridgehead atoms. The molecule has 6 atom stereocenters. The van der Waals surface area contributed by atoms with Crippen LogP contribution >= 0.6 is 0 Å². The Bertz CT molecular complexity index is 1350. The Hall–Kier alpha value is -2.92. The molecule has 47 heavy (non-hydrogen) atoms. The number of hydrogen-bond donors (Lipinski definition) is 1. The van der Waals surface area contributed by atoms with E-state index in [0.29, 0.717) is 47.3 Å². The monoisotopic (exact) mass is 641 g/mol. The summed E-state index contributed by atoms with van der Waals surface area (Å²) >= 11 is 0. The Morgan fingerprint density at radius 2 is 1.68 bits per heavy atom. The molecule has 5 rings (SSSR count). The van der Waals surface area contributed by atoms with Crippen LogP contribution in [0.2, 0.25) is 0 Å². The zero-order valence-corrected chi connectivity index (χ0v) is 29.4. The highest BCUT2D eigenvalue weighted by atomic mass is 16.5. The van der Waals surface area contributed by atoms with E-state index in [9.17, 15) is 14.7 Å². The Balaban J connectivity index is 1.15. The molecule has 2 fully saturated rings. The van der Waals surface area contributed by atoms with E-state index >= 15 is 0 Å². The highest BCUT2D eigenvalue weighted by Crippen LogP contribution is 2.64. The zero-order valence-electron chi connectivity index (χ0n) is 29.4. The number of aliphatic hydroxyl groups excluding tert-OH is 1. The zero-order chi connectivity index (χ0) is 33.4. The third-order valence-electron chi connectivity index (χ3n) is 12.1. The SMILES string of the molecule is C=C1[C@H](O)CC2C3C(CCCCCCCCCCC(=O)N(C)CCCC)Cc4cc(OC(=O)c5ccccc5)ccc4C3CC[C@]12C. The van der Waals surface area contributed by atoms with Crippen LogP contribution in [0.1, 0.15) is 138 Å². The van der Waals surface area contributed by atoms with Crippen molar-refractivity contribution in [2.45, 2.75) is 129 Å². The molecule has 2 saturated carbocycles. The first-order valence-corrected chi connectivity index (χ1v) is 18.7. The number of carbonyl (C=O) groups excluding carboxylic acids is 2. The Morgan fingerprint density at radius 1 is 0.979 bits per heavy atom. The minimum atomic E-state index is -0.384. The molecule has 256 valence electrons. The van der Waals surface area contributed by atoms with Gasteiger partial charge < -0.3 is 14.7 Å². The van der Waals surface area contributed by atoms with Gasteiger partial charge in [0, 0.05) is 20.0 Å². The quantitative estimate of drug-likeness (QED) is 0.0858. The Morgan fingerprint density at radius 3 is 2.40 bits per heavy atom. The van der Waals surface area contributed by atoms with Crippen molar-refractivity contribution in [1.29, 1.82) is 0 Å². The summed E-state index contributed by atoms with van der Waals surface area (Å²) in [5, 5.41) is 10.9. The van der Waals surface area contributed by atoms with Crippen LogP contribution in [0.4, 0.5) is 0 Å². The van der Waals surface area contributed by atoms with E-state index in [1.165, 1.54) is 56.1 Å². The van der Waals surface area contributed by atoms with Gasteiger partial charge in [0.2, 0.25) is 5.91 Å². The minimum absolute atomic E-state index is 0.0248. The number of carbonyl (C=O) groups is 2. The minimum Gasteiger partial charge on any atom is -0.423 e. The van der Waals surface area contributed by atoms with Crippen LogP contribution in [-0.4, -0.2) is 41.6 Å². The number of amides is 1. The van der Waals surface area contributed by atoms with Crippen LogP contribution < -0.4 is 4.74 Å². The first-order valence-electron chi connectivity index (χ1n) is 18.7. The molecule has 0 radical (unpaired) electrons. The van der Waals surface area contributed by atoms with Gasteiger partial charge in [-0.25, -0.2) is 4.79 Å². The van der Waals surface area contributed by atoms with Gasteiger partial charge in [0.25, 0.3) is 0 Å². The maximum atomic E-state index is 12.8. The smallest absolute Gasteiger partial charge is 0.343 e. The molecule has 0 spiro atoms. The fourth-order valence-electron chi connectivity index (χ4n) is 9.23. The molecular formula is C42H59NO4. The summed E-state index contributed by atoms with van der Waals surface area (Å²) in [5.41, 5.74) is 4.41. The standard InChI is InChI=1S/C42H59NO4/c1-5-6-26-43(4)39(45)21-17-12-10-8-7-9-11-14-20-32-27-33-28-34(47-41(46)31-18-15-13-16-19-31)22-23-35(33)36-24-25-42(3)30(2)38(44)29-37(42)40(32)36/h13,15-16,18-19,22-23,28,32,36-38,40,44H,2,5-12,14,17,20-21,24-27,29H2,1,3-4H3/t32?,36?,37?,38-,40?,42-/m1/s1. The number of esters is 1. The maximum absolute atomic E-state index is 12.8. The number of fused-ring (bicyclic) bond motifs is 5. The van der Waals surface area contributed by atoms with Crippen molar-refractivity contribution in [3.8, 4) is 5.75 Å². The Labute approximate surface area is 284 Å². The summed E-state index contributed by atoms with van der Waals surface area (Å²) < 4.78 is 5.85. The van der Waals surface area contributed by atoms with E-state index in [2.05, 4.69) is 32.6 Å². The summed E-state index contributed by atoms with van der Waals surface area (Å²) in [6.07, 6.45) is 17.4. The summed E-state index contributed by atoms with van der Waals surface area (Å²) in [6, 6.07) is 15.5. The van der Waals surface area contributed by atoms with Crippen LogP contribution in [0.5, 0.6) is 5.75 Å². The third-order valence-corrected chi connectivity index (χ3v) is 12.1. The average molecular weight is 642 g/mol. The van der Waals surface area contributed by atoms with Gasteiger partial charge in [-0.1, -0.05) is 96.1 Å². The second-order valence-electron chi connectivity index (χ2n) is 15.1. The lowest BCUT2D eigenvalue weighted by atomic mass is 9.52. The molecule has 1 N–H and O–H groups in total. The van der Waals surface area contributed by atoms with Crippen molar-refractivity contribution in [3.63, 3.8) is 0 Å². The average Bonchev–Trinajstić information content (AvgIpc) is 3.31. The number of rotatable bonds is 16. The lowest BCUT2D eigenvalue weighted by molar-refractivity contribution is -0.130. The van der Waals surface area contributed by atoms with E-state index in [1.54, 1.807) is 12.1 Å². The van der Waals surface area contributed by atoms with Crippen molar-refractivity contribution in [3.05, 3.63) is 77.4 Å². The number of unbranched alkanes of at least 4 members (excludes halogenated alkanes) is 8. The predicted octanol–water partition coefficient (Wildman–Crippen LogP) is 9.67. The van der Waals surface area contributed by atoms with E-state index in [1.807, 2.05) is 36.2 Å². The van der Waals surface area contributed by atoms with Crippen LogP contribution in [0.25, 0.3) is 0 Å². The van der Waals surface area contributed by atoms with Crippen molar-refractivity contribution in [1.82, 2.24) is 4.90 Å². The molecule has 4 unspecified atom stereocenters. The van der Waals surface area contributed by atoms with E-state index in [-0.39, 0.29) is 17.5 Å². The van der Waals surface area contributed by atoms with Gasteiger partial charge in [0.05, 0.1) is 11.7 Å². The highest BCUT2D eigenvalue weighted by Gasteiger charge is 2.56. The lowest BCUT2D eigenvalue weighted by Gasteiger charge is -2.52. The second-order valence-corrected chi connectivity index (χ2v) is 15.1. The molecule has 3 aliphatic rings. The topological polar surface area (TPSA) is 66.8 Å². The van der Waals surface area contributed by atoms with Gasteiger partial charge in [0.15, 0.2) is 0 Å². The number of aliphatic hydroxyl groups is 1. The van der Waals surface area contributed by atoms with Gasteiger partial charge in [-0.05, 0) is 115 Å². The van der Waals surface area contributed by atoms with Crippen LogP contribution in [0, 0.1) is 23.2 Å². The van der Waals surface area contributed by atoms with Crippen molar-refractivity contribution in [2.75, 3.05) is 13.6 Å².